The molecular formula is C40H31NS2. The second kappa shape index (κ2) is 8.92. The van der Waals surface area contributed by atoms with E-state index < -0.39 is 15.4 Å². The maximum Gasteiger partial charge on any atom is 0.0764 e. The van der Waals surface area contributed by atoms with Crippen LogP contribution >= 0.6 is 21.8 Å². The third kappa shape index (κ3) is 3.38. The van der Waals surface area contributed by atoms with Gasteiger partial charge in [-0.25, -0.2) is 10.0 Å². The quantitative estimate of drug-likeness (QED) is 0.194. The second-order valence-electron chi connectivity index (χ2n) is 12.5. The van der Waals surface area contributed by atoms with Crippen LogP contribution in [-0.2, 0) is 5.41 Å². The van der Waals surface area contributed by atoms with Gasteiger partial charge in [-0.15, -0.1) is 0 Å². The number of hydrogen-bond donors (Lipinski definition) is 0. The van der Waals surface area contributed by atoms with Gasteiger partial charge in [0.25, 0.3) is 0 Å². The topological polar surface area (TPSA) is 4.93 Å². The molecule has 208 valence electrons. The molecule has 9 rings (SSSR count). The Labute approximate surface area is 258 Å². The van der Waals surface area contributed by atoms with E-state index in [1.165, 1.54) is 75.6 Å². The van der Waals surface area contributed by atoms with Gasteiger partial charge in [-0.2, -0.15) is 0 Å². The normalized spacial score (nSPS) is 17.1. The molecule has 0 aliphatic carbocycles. The molecule has 0 radical (unpaired) electrons. The fraction of sp³-hybridized carbons (Fsp3) is 0.100. The molecule has 6 aromatic carbocycles. The van der Waals surface area contributed by atoms with Crippen molar-refractivity contribution in [2.45, 2.75) is 20.1 Å². The molecule has 3 heterocycles. The van der Waals surface area contributed by atoms with Crippen LogP contribution in [0.3, 0.4) is 0 Å². The Morgan fingerprint density at radius 1 is 0.535 bits per heavy atom. The zero-order valence-electron chi connectivity index (χ0n) is 24.5. The lowest BCUT2D eigenvalue weighted by Crippen LogP contribution is -2.37. The maximum atomic E-state index is 2.52. The smallest absolute Gasteiger partial charge is 0.0764 e. The third-order valence-electron chi connectivity index (χ3n) is 9.44. The molecule has 3 heteroatoms. The van der Waals surface area contributed by atoms with E-state index in [9.17, 15) is 0 Å². The number of rotatable bonds is 2. The third-order valence-corrected chi connectivity index (χ3v) is 12.3. The van der Waals surface area contributed by atoms with Crippen LogP contribution < -0.4 is 0 Å². The van der Waals surface area contributed by atoms with Gasteiger partial charge in [0.1, 0.15) is 0 Å². The number of aromatic nitrogens is 1. The lowest BCUT2D eigenvalue weighted by Gasteiger charge is -2.45. The predicted molar refractivity (Wildman–Crippen MR) is 186 cm³/mol. The first-order chi connectivity index (χ1) is 21.0. The van der Waals surface area contributed by atoms with Crippen molar-refractivity contribution in [1.29, 1.82) is 0 Å². The van der Waals surface area contributed by atoms with Crippen LogP contribution in [0.5, 0.6) is 0 Å². The van der Waals surface area contributed by atoms with Crippen LogP contribution in [0.4, 0.5) is 0 Å². The summed E-state index contributed by atoms with van der Waals surface area (Å²) in [5.74, 6) is 0. The highest BCUT2D eigenvalue weighted by Crippen LogP contribution is 2.60. The molecule has 0 N–H and O–H groups in total. The van der Waals surface area contributed by atoms with Crippen LogP contribution in [0.2, 0.25) is 0 Å². The van der Waals surface area contributed by atoms with E-state index >= 15 is 0 Å². The molecule has 2 aliphatic heterocycles. The Hall–Kier alpha value is -4.18. The van der Waals surface area contributed by atoms with Crippen molar-refractivity contribution in [1.82, 2.24) is 4.57 Å². The second-order valence-corrected chi connectivity index (χ2v) is 17.7. The van der Waals surface area contributed by atoms with E-state index in [0.29, 0.717) is 0 Å². The largest absolute Gasteiger partial charge is 0.309 e. The highest BCUT2D eigenvalue weighted by Gasteiger charge is 2.49. The van der Waals surface area contributed by atoms with Gasteiger partial charge in [0.15, 0.2) is 0 Å². The van der Waals surface area contributed by atoms with Crippen molar-refractivity contribution in [3.05, 3.63) is 156 Å². The summed E-state index contributed by atoms with van der Waals surface area (Å²) in [4.78, 5) is 4.10. The fourth-order valence-corrected chi connectivity index (χ4v) is 9.68. The molecule has 0 fully saturated rings. The highest BCUT2D eigenvalue weighted by molar-refractivity contribution is 8.32. The average Bonchev–Trinajstić information content (AvgIpc) is 3.38. The van der Waals surface area contributed by atoms with Gasteiger partial charge in [0.05, 0.1) is 22.1 Å². The molecular weight excluding hydrogens is 559 g/mol. The van der Waals surface area contributed by atoms with Crippen molar-refractivity contribution < 1.29 is 0 Å². The molecule has 7 aromatic rings. The molecule has 0 saturated heterocycles. The molecule has 1 spiro atoms. The van der Waals surface area contributed by atoms with E-state index in [1.54, 1.807) is 0 Å². The maximum absolute atomic E-state index is 2.52. The first-order valence-electron chi connectivity index (χ1n) is 14.8. The number of benzene rings is 6. The molecule has 0 saturated carbocycles. The monoisotopic (exact) mass is 589 g/mol. The van der Waals surface area contributed by atoms with Crippen molar-refractivity contribution in [3.8, 4) is 16.8 Å². The van der Waals surface area contributed by atoms with Crippen LogP contribution in [-0.4, -0.2) is 23.3 Å². The van der Waals surface area contributed by atoms with Crippen LogP contribution in [0, 0.1) is 0 Å². The molecule has 0 bridgehead atoms. The van der Waals surface area contributed by atoms with Gasteiger partial charge in [-0.1, -0.05) is 103 Å². The van der Waals surface area contributed by atoms with E-state index in [-0.39, 0.29) is 0 Å². The summed E-state index contributed by atoms with van der Waals surface area (Å²) < 4.78 is 2.52. The van der Waals surface area contributed by atoms with Crippen molar-refractivity contribution in [2.24, 2.45) is 0 Å². The SMILES string of the molecule is CS(C)(C)c1ccc(-c2ccc3c(c2)C2(c4ccccc4S3)c3ccccc3-n3c4ccccc4c4cccc2c43)cc1. The van der Waals surface area contributed by atoms with Crippen molar-refractivity contribution in [2.75, 3.05) is 18.8 Å². The van der Waals surface area contributed by atoms with Crippen molar-refractivity contribution >= 4 is 43.6 Å². The Kier molecular flexibility index (Phi) is 5.25. The van der Waals surface area contributed by atoms with Gasteiger partial charge < -0.3 is 4.57 Å². The van der Waals surface area contributed by atoms with E-state index in [4.69, 9.17) is 0 Å². The molecule has 43 heavy (non-hydrogen) atoms. The van der Waals surface area contributed by atoms with Gasteiger partial charge in [-0.3, -0.25) is 0 Å². The molecule has 1 aromatic heterocycles. The molecule has 2 aliphatic rings. The molecule has 1 atom stereocenters. The minimum atomic E-state index is -0.773. The van der Waals surface area contributed by atoms with Gasteiger partial charge >= 0.3 is 0 Å². The summed E-state index contributed by atoms with van der Waals surface area (Å²) in [5, 5.41) is 2.62. The standard InChI is InChI=1S/C40H31NS2/c1-43(2,3)28-22-19-26(20-23-28)27-21-24-38-34(25-27)40(32-14-6-9-18-37(32)42-38)31-13-5-8-17-36(31)41-35-16-7-4-11-29(35)30-12-10-15-33(40)39(30)41/h4-25H,1-3H3. The summed E-state index contributed by atoms with van der Waals surface area (Å²) in [6, 6.07) is 50.5. The van der Waals surface area contributed by atoms with Gasteiger partial charge in [0.2, 0.25) is 0 Å². The lowest BCUT2D eigenvalue weighted by atomic mass is 9.62. The van der Waals surface area contributed by atoms with Crippen LogP contribution in [0.1, 0.15) is 22.3 Å². The number of para-hydroxylation sites is 3. The summed E-state index contributed by atoms with van der Waals surface area (Å²) >= 11 is 1.91. The minimum Gasteiger partial charge on any atom is -0.309 e. The molecule has 0 amide bonds. The molecule has 1 unspecified atom stereocenters. The summed E-state index contributed by atoms with van der Waals surface area (Å²) in [6.45, 7) is 0. The molecule has 1 nitrogen and oxygen atoms in total. The van der Waals surface area contributed by atoms with E-state index in [0.717, 1.165) is 0 Å². The minimum absolute atomic E-state index is 0.441. The zero-order chi connectivity index (χ0) is 28.9. The van der Waals surface area contributed by atoms with E-state index in [1.807, 2.05) is 11.8 Å². The first-order valence-corrected chi connectivity index (χ1v) is 18.5. The number of fused-ring (bicyclic) bond motifs is 11. The first kappa shape index (κ1) is 25.3. The number of nitrogens with zero attached hydrogens (tertiary/aromatic N) is 1. The average molecular weight is 590 g/mol. The fourth-order valence-electron chi connectivity index (χ4n) is 7.56. The highest BCUT2D eigenvalue weighted by atomic mass is 32.3. The predicted octanol–water partition coefficient (Wildman–Crippen LogP) is 10.7. The Morgan fingerprint density at radius 2 is 1.19 bits per heavy atom. The Bertz CT molecular complexity index is 2250. The summed E-state index contributed by atoms with van der Waals surface area (Å²) in [7, 11) is -0.773. The summed E-state index contributed by atoms with van der Waals surface area (Å²) in [5.41, 5.74) is 11.4. The summed E-state index contributed by atoms with van der Waals surface area (Å²) in [6.07, 6.45) is 7.08. The Balaban J connectivity index is 1.42. The van der Waals surface area contributed by atoms with Crippen LogP contribution in [0.15, 0.2) is 148 Å². The van der Waals surface area contributed by atoms with Crippen LogP contribution in [0.25, 0.3) is 38.6 Å². The number of hydrogen-bond acceptors (Lipinski definition) is 1. The van der Waals surface area contributed by atoms with Crippen molar-refractivity contribution in [3.63, 3.8) is 0 Å². The van der Waals surface area contributed by atoms with Gasteiger partial charge in [-0.05, 0) is 99.5 Å². The van der Waals surface area contributed by atoms with Gasteiger partial charge in [0, 0.05) is 20.6 Å². The lowest BCUT2D eigenvalue weighted by molar-refractivity contribution is 0.690. The van der Waals surface area contributed by atoms with E-state index in [2.05, 4.69) is 157 Å². The Morgan fingerprint density at radius 3 is 2.02 bits per heavy atom. The zero-order valence-corrected chi connectivity index (χ0v) is 26.1.